The maximum absolute atomic E-state index is 14.1. The Morgan fingerprint density at radius 3 is 2.12 bits per heavy atom. The molecule has 188 valence electrons. The van der Waals surface area contributed by atoms with Crippen LogP contribution in [0.25, 0.3) is 0 Å². The summed E-state index contributed by atoms with van der Waals surface area (Å²) in [5.41, 5.74) is 0.835. The highest BCUT2D eigenvalue weighted by Crippen LogP contribution is 2.39. The van der Waals surface area contributed by atoms with Gasteiger partial charge in [0, 0.05) is 12.1 Å². The van der Waals surface area contributed by atoms with E-state index in [2.05, 4.69) is 6.92 Å². The topological polar surface area (TPSA) is 59.1 Å². The van der Waals surface area contributed by atoms with Gasteiger partial charge < -0.3 is 19.3 Å². The van der Waals surface area contributed by atoms with Crippen molar-refractivity contribution >= 4 is 11.8 Å². The van der Waals surface area contributed by atoms with Gasteiger partial charge in [-0.1, -0.05) is 64.4 Å². The number of benzene rings is 1. The Labute approximate surface area is 205 Å². The van der Waals surface area contributed by atoms with E-state index in [0.29, 0.717) is 18.1 Å². The summed E-state index contributed by atoms with van der Waals surface area (Å²) >= 11 is 0. The van der Waals surface area contributed by atoms with Crippen molar-refractivity contribution in [1.29, 1.82) is 0 Å². The van der Waals surface area contributed by atoms with E-state index in [9.17, 15) is 9.59 Å². The molecule has 0 N–H and O–H groups in total. The molecule has 0 radical (unpaired) electrons. The first-order valence-electron chi connectivity index (χ1n) is 13.6. The summed E-state index contributed by atoms with van der Waals surface area (Å²) in [6.07, 6.45) is 14.3. The lowest BCUT2D eigenvalue weighted by atomic mass is 9.89. The first-order chi connectivity index (χ1) is 16.6. The molecule has 1 atom stereocenters. The maximum atomic E-state index is 14.1. The molecule has 1 aromatic carbocycles. The molecule has 1 unspecified atom stereocenters. The van der Waals surface area contributed by atoms with Crippen LogP contribution in [0.4, 0.5) is 0 Å². The van der Waals surface area contributed by atoms with Crippen molar-refractivity contribution in [3.63, 3.8) is 0 Å². The highest BCUT2D eigenvalue weighted by molar-refractivity contribution is 5.96. The Balaban J connectivity index is 1.69. The molecule has 1 heterocycles. The molecule has 2 amide bonds. The minimum Gasteiger partial charge on any atom is -0.493 e. The first kappa shape index (κ1) is 24.9. The van der Waals surface area contributed by atoms with Crippen molar-refractivity contribution in [2.75, 3.05) is 20.3 Å². The van der Waals surface area contributed by atoms with E-state index in [1.165, 1.54) is 25.7 Å². The van der Waals surface area contributed by atoms with Crippen LogP contribution in [0.5, 0.6) is 11.5 Å². The molecule has 34 heavy (non-hydrogen) atoms. The second-order valence-electron chi connectivity index (χ2n) is 10.2. The number of carbonyl (C=O) groups excluding carboxylic acids is 2. The molecule has 3 fully saturated rings. The zero-order valence-corrected chi connectivity index (χ0v) is 21.1. The predicted molar refractivity (Wildman–Crippen MR) is 133 cm³/mol. The van der Waals surface area contributed by atoms with Gasteiger partial charge in [-0.3, -0.25) is 9.59 Å². The second kappa shape index (κ2) is 11.9. The third-order valence-corrected chi connectivity index (χ3v) is 7.84. The number of carbonyl (C=O) groups is 2. The first-order valence-corrected chi connectivity index (χ1v) is 13.6. The van der Waals surface area contributed by atoms with E-state index in [0.717, 1.165) is 63.4 Å². The van der Waals surface area contributed by atoms with Crippen LogP contribution in [0, 0.1) is 0 Å². The molecule has 6 nitrogen and oxygen atoms in total. The van der Waals surface area contributed by atoms with E-state index < -0.39 is 6.04 Å². The van der Waals surface area contributed by atoms with Crippen molar-refractivity contribution in [1.82, 2.24) is 9.80 Å². The van der Waals surface area contributed by atoms with E-state index in [1.807, 2.05) is 28.0 Å². The molecule has 0 bridgehead atoms. The van der Waals surface area contributed by atoms with Crippen molar-refractivity contribution < 1.29 is 19.1 Å². The molecule has 0 aromatic heterocycles. The van der Waals surface area contributed by atoms with Gasteiger partial charge in [0.15, 0.2) is 11.5 Å². The van der Waals surface area contributed by atoms with Gasteiger partial charge >= 0.3 is 0 Å². The largest absolute Gasteiger partial charge is 0.493 e. The van der Waals surface area contributed by atoms with Gasteiger partial charge in [-0.2, -0.15) is 0 Å². The van der Waals surface area contributed by atoms with Gasteiger partial charge in [0.1, 0.15) is 12.6 Å². The summed E-state index contributed by atoms with van der Waals surface area (Å²) < 4.78 is 11.5. The zero-order valence-electron chi connectivity index (χ0n) is 21.1. The highest BCUT2D eigenvalue weighted by Gasteiger charge is 2.45. The molecule has 1 saturated heterocycles. The van der Waals surface area contributed by atoms with Crippen LogP contribution in [0.15, 0.2) is 18.2 Å². The molecular formula is C28H42N2O4. The predicted octanol–water partition coefficient (Wildman–Crippen LogP) is 5.64. The Bertz CT molecular complexity index is 828. The number of piperazine rings is 1. The SMILES string of the molecule is CCCOc1ccc(C2C(=O)N(C3CCCCC3)CC(=O)N2C2CCCCCCC2)cc1OC. The number of amides is 2. The van der Waals surface area contributed by atoms with E-state index in [-0.39, 0.29) is 30.4 Å². The third kappa shape index (κ3) is 5.52. The molecule has 3 aliphatic rings. The van der Waals surface area contributed by atoms with Crippen LogP contribution in [0.3, 0.4) is 0 Å². The Hall–Kier alpha value is -2.24. The summed E-state index contributed by atoms with van der Waals surface area (Å²) in [5, 5.41) is 0. The van der Waals surface area contributed by atoms with Gasteiger partial charge in [0.25, 0.3) is 5.91 Å². The average Bonchev–Trinajstić information content (AvgIpc) is 2.84. The minimum absolute atomic E-state index is 0.0813. The van der Waals surface area contributed by atoms with Crippen molar-refractivity contribution in [3.8, 4) is 11.5 Å². The minimum atomic E-state index is -0.582. The molecule has 4 rings (SSSR count). The number of ether oxygens (including phenoxy) is 2. The summed E-state index contributed by atoms with van der Waals surface area (Å²) in [6, 6.07) is 5.50. The molecule has 2 aliphatic carbocycles. The Morgan fingerprint density at radius 2 is 1.47 bits per heavy atom. The normalized spacial score (nSPS) is 23.5. The lowest BCUT2D eigenvalue weighted by Crippen LogP contribution is -2.60. The summed E-state index contributed by atoms with van der Waals surface area (Å²) in [7, 11) is 1.63. The molecule has 1 aliphatic heterocycles. The van der Waals surface area contributed by atoms with Crippen molar-refractivity contribution in [2.45, 2.75) is 109 Å². The Morgan fingerprint density at radius 1 is 0.853 bits per heavy atom. The van der Waals surface area contributed by atoms with E-state index in [1.54, 1.807) is 7.11 Å². The molecule has 2 saturated carbocycles. The molecule has 0 spiro atoms. The number of methoxy groups -OCH3 is 1. The van der Waals surface area contributed by atoms with Crippen LogP contribution in [0.2, 0.25) is 0 Å². The zero-order chi connectivity index (χ0) is 23.9. The smallest absolute Gasteiger partial charge is 0.250 e. The van der Waals surface area contributed by atoms with E-state index >= 15 is 0 Å². The summed E-state index contributed by atoms with van der Waals surface area (Å²) in [4.78, 5) is 31.7. The lowest BCUT2D eigenvalue weighted by molar-refractivity contribution is -0.162. The van der Waals surface area contributed by atoms with Gasteiger partial charge in [-0.15, -0.1) is 0 Å². The number of hydrogen-bond acceptors (Lipinski definition) is 4. The highest BCUT2D eigenvalue weighted by atomic mass is 16.5. The number of nitrogens with zero attached hydrogens (tertiary/aromatic N) is 2. The van der Waals surface area contributed by atoms with Crippen LogP contribution in [-0.2, 0) is 9.59 Å². The van der Waals surface area contributed by atoms with Crippen LogP contribution >= 0.6 is 0 Å². The van der Waals surface area contributed by atoms with Gasteiger partial charge in [0.05, 0.1) is 13.7 Å². The van der Waals surface area contributed by atoms with Crippen LogP contribution < -0.4 is 9.47 Å². The fraction of sp³-hybridized carbons (Fsp3) is 0.714. The van der Waals surface area contributed by atoms with Crippen molar-refractivity contribution in [3.05, 3.63) is 23.8 Å². The second-order valence-corrected chi connectivity index (χ2v) is 10.2. The monoisotopic (exact) mass is 470 g/mol. The number of rotatable bonds is 7. The quantitative estimate of drug-likeness (QED) is 0.517. The standard InChI is InChI=1S/C28H42N2O4/c1-3-18-34-24-17-16-21(19-25(24)33-2)27-28(32)29(22-12-10-7-11-13-22)20-26(31)30(27)23-14-8-5-4-6-9-15-23/h16-17,19,22-23,27H,3-15,18,20H2,1-2H3. The fourth-order valence-corrected chi connectivity index (χ4v) is 6.04. The fourth-order valence-electron chi connectivity index (χ4n) is 6.04. The molecular weight excluding hydrogens is 428 g/mol. The lowest BCUT2D eigenvalue weighted by Gasteiger charge is -2.47. The summed E-state index contributed by atoms with van der Waals surface area (Å²) in [6.45, 7) is 2.91. The summed E-state index contributed by atoms with van der Waals surface area (Å²) in [5.74, 6) is 1.49. The third-order valence-electron chi connectivity index (χ3n) is 7.84. The molecule has 6 heteroatoms. The van der Waals surface area contributed by atoms with Gasteiger partial charge in [-0.05, 0) is 49.8 Å². The maximum Gasteiger partial charge on any atom is 0.250 e. The average molecular weight is 471 g/mol. The van der Waals surface area contributed by atoms with E-state index in [4.69, 9.17) is 9.47 Å². The molecule has 1 aromatic rings. The van der Waals surface area contributed by atoms with Crippen molar-refractivity contribution in [2.24, 2.45) is 0 Å². The Kier molecular flexibility index (Phi) is 8.74. The number of hydrogen-bond donors (Lipinski definition) is 0. The van der Waals surface area contributed by atoms with Crippen LogP contribution in [-0.4, -0.2) is 54.0 Å². The van der Waals surface area contributed by atoms with Crippen LogP contribution in [0.1, 0.15) is 102 Å². The van der Waals surface area contributed by atoms with Gasteiger partial charge in [0.2, 0.25) is 5.91 Å². The van der Waals surface area contributed by atoms with Gasteiger partial charge in [-0.25, -0.2) is 0 Å².